The van der Waals surface area contributed by atoms with Crippen molar-refractivity contribution in [2.45, 2.75) is 35.4 Å². The Hall–Kier alpha value is -2.62. The molecule has 1 saturated heterocycles. The number of hydrogen-bond donors (Lipinski definition) is 6. The number of benzene rings is 1. The number of nitrogens with zero attached hydrogens (tertiary/aromatic N) is 4. The third-order valence-electron chi connectivity index (χ3n) is 5.04. The summed E-state index contributed by atoms with van der Waals surface area (Å²) in [5.74, 6) is -0.615. The fourth-order valence-electron chi connectivity index (χ4n) is 3.38. The van der Waals surface area contributed by atoms with Crippen molar-refractivity contribution in [3.8, 4) is 0 Å². The number of ether oxygens (including phenoxy) is 1. The molecule has 1 unspecified atom stereocenters. The number of nitrogen functional groups attached to an aromatic ring is 1. The minimum atomic E-state index is -4.82. The van der Waals surface area contributed by atoms with Crippen LogP contribution in [0.25, 0.3) is 11.2 Å². The first-order valence-electron chi connectivity index (χ1n) is 9.70. The Labute approximate surface area is 195 Å². The van der Waals surface area contributed by atoms with Crippen LogP contribution < -0.4 is 5.73 Å². The van der Waals surface area contributed by atoms with Gasteiger partial charge in [0, 0.05) is 5.75 Å². The molecule has 16 heteroatoms. The van der Waals surface area contributed by atoms with Gasteiger partial charge in [0.2, 0.25) is 0 Å². The third-order valence-corrected chi connectivity index (χ3v) is 6.55. The largest absolute Gasteiger partial charge is 0.478 e. The lowest BCUT2D eigenvalue weighted by Crippen LogP contribution is -2.33. The average Bonchev–Trinajstić information content (AvgIpc) is 3.29. The first kappa shape index (κ1) is 24.5. The van der Waals surface area contributed by atoms with Gasteiger partial charge in [-0.15, -0.1) is 0 Å². The van der Waals surface area contributed by atoms with Gasteiger partial charge in [0.25, 0.3) is 0 Å². The molecule has 7 N–H and O–H groups in total. The summed E-state index contributed by atoms with van der Waals surface area (Å²) in [7, 11) is -4.82. The molecule has 1 aliphatic rings. The van der Waals surface area contributed by atoms with E-state index in [0.717, 1.165) is 5.56 Å². The summed E-state index contributed by atoms with van der Waals surface area (Å²) in [6, 6.07) is 6.24. The van der Waals surface area contributed by atoms with Gasteiger partial charge in [-0.1, -0.05) is 23.9 Å². The maximum atomic E-state index is 11.0. The van der Waals surface area contributed by atoms with Crippen molar-refractivity contribution in [1.82, 2.24) is 19.5 Å². The Morgan fingerprint density at radius 3 is 2.56 bits per heavy atom. The van der Waals surface area contributed by atoms with Crippen molar-refractivity contribution in [2.24, 2.45) is 0 Å². The zero-order valence-electron chi connectivity index (χ0n) is 17.2. The number of anilines is 1. The molecule has 1 fully saturated rings. The molecule has 4 rings (SSSR count). The van der Waals surface area contributed by atoms with Gasteiger partial charge in [0.15, 0.2) is 28.4 Å². The van der Waals surface area contributed by atoms with E-state index in [1.165, 1.54) is 34.8 Å². The van der Waals surface area contributed by atoms with Crippen LogP contribution in [-0.2, 0) is 19.6 Å². The van der Waals surface area contributed by atoms with Crippen LogP contribution in [0.4, 0.5) is 5.82 Å². The molecule has 0 saturated carbocycles. The van der Waals surface area contributed by atoms with Gasteiger partial charge in [-0.05, 0) is 17.7 Å². The molecule has 1 aliphatic heterocycles. The number of phosphoric ester groups is 1. The van der Waals surface area contributed by atoms with Crippen LogP contribution in [0.3, 0.4) is 0 Å². The molecular weight excluding hydrogens is 493 g/mol. The van der Waals surface area contributed by atoms with Gasteiger partial charge >= 0.3 is 13.8 Å². The molecule has 0 radical (unpaired) electrons. The van der Waals surface area contributed by atoms with Crippen molar-refractivity contribution in [1.29, 1.82) is 0 Å². The Morgan fingerprint density at radius 1 is 1.21 bits per heavy atom. The van der Waals surface area contributed by atoms with Crippen LogP contribution in [0.15, 0.2) is 35.7 Å². The van der Waals surface area contributed by atoms with Crippen LogP contribution in [0.2, 0.25) is 0 Å². The highest BCUT2D eigenvalue weighted by molar-refractivity contribution is 7.98. The van der Waals surface area contributed by atoms with E-state index >= 15 is 0 Å². The van der Waals surface area contributed by atoms with Crippen molar-refractivity contribution < 1.29 is 43.7 Å². The summed E-state index contributed by atoms with van der Waals surface area (Å²) in [5, 5.41) is 30.4. The second-order valence-corrected chi connectivity index (χ2v) is 9.50. The number of aromatic nitrogens is 4. The number of carboxylic acids is 1. The predicted octanol–water partition coefficient (Wildman–Crippen LogP) is 0.127. The number of carbonyl (C=O) groups is 1. The fourth-order valence-corrected chi connectivity index (χ4v) is 4.69. The van der Waals surface area contributed by atoms with Gasteiger partial charge in [-0.25, -0.2) is 24.3 Å². The van der Waals surface area contributed by atoms with Crippen molar-refractivity contribution >= 4 is 42.5 Å². The lowest BCUT2D eigenvalue weighted by molar-refractivity contribution is -0.0541. The zero-order chi connectivity index (χ0) is 24.6. The van der Waals surface area contributed by atoms with E-state index in [-0.39, 0.29) is 22.5 Å². The maximum Gasteiger partial charge on any atom is 0.469 e. The highest BCUT2D eigenvalue weighted by Crippen LogP contribution is 2.40. The zero-order valence-corrected chi connectivity index (χ0v) is 18.9. The molecule has 1 aromatic carbocycles. The molecule has 3 aromatic rings. The highest BCUT2D eigenvalue weighted by atomic mass is 32.2. The number of hydrogen-bond acceptors (Lipinski definition) is 11. The molecule has 4 atom stereocenters. The smallest absolute Gasteiger partial charge is 0.469 e. The van der Waals surface area contributed by atoms with E-state index in [1.54, 1.807) is 12.1 Å². The van der Waals surface area contributed by atoms with Gasteiger partial charge in [0.1, 0.15) is 24.6 Å². The second-order valence-electron chi connectivity index (χ2n) is 7.32. The minimum Gasteiger partial charge on any atom is -0.478 e. The molecule has 3 heterocycles. The fraction of sp³-hybridized carbons (Fsp3) is 0.333. The van der Waals surface area contributed by atoms with E-state index in [4.69, 9.17) is 25.4 Å². The van der Waals surface area contributed by atoms with Crippen LogP contribution in [-0.4, -0.2) is 75.5 Å². The van der Waals surface area contributed by atoms with Crippen LogP contribution >= 0.6 is 19.6 Å². The molecule has 2 aromatic heterocycles. The van der Waals surface area contributed by atoms with Gasteiger partial charge in [-0.2, -0.15) is 0 Å². The number of fused-ring (bicyclic) bond motifs is 1. The summed E-state index contributed by atoms with van der Waals surface area (Å²) in [6.07, 6.45) is -4.30. The number of thioether (sulfide) groups is 1. The lowest BCUT2D eigenvalue weighted by atomic mass is 10.1. The second kappa shape index (κ2) is 9.56. The number of nitrogens with two attached hydrogens (primary N) is 1. The summed E-state index contributed by atoms with van der Waals surface area (Å²) < 4.78 is 22.5. The number of aliphatic hydroxyl groups excluding tert-OH is 2. The number of carboxylic acid groups (broad SMARTS) is 1. The maximum absolute atomic E-state index is 11.0. The van der Waals surface area contributed by atoms with Crippen LogP contribution in [0, 0.1) is 0 Å². The molecule has 0 spiro atoms. The predicted molar refractivity (Wildman–Crippen MR) is 117 cm³/mol. The first-order valence-corrected chi connectivity index (χ1v) is 12.2. The Balaban J connectivity index is 1.63. The van der Waals surface area contributed by atoms with Gasteiger partial charge in [0.05, 0.1) is 12.2 Å². The Bertz CT molecular complexity index is 1250. The summed E-state index contributed by atoms with van der Waals surface area (Å²) in [5.41, 5.74) is 7.29. The highest BCUT2D eigenvalue weighted by Gasteiger charge is 2.46. The standard InChI is InChI=1S/C18H20N5O9PS/c19-14-11-15(21-7-20-14)23(16-13(25)12(24)10(32-16)5-31-33(28,29)30)18(22-11)34-6-8-1-3-9(4-2-8)17(26)27/h1-4,7,10,12-13,16,24-25H,5-6H2,(H,26,27)(H2,19,20,21)(H2,28,29,30)/t10-,12-,13-,16?/m1/s1. The van der Waals surface area contributed by atoms with Crippen molar-refractivity contribution in [3.05, 3.63) is 41.7 Å². The van der Waals surface area contributed by atoms with E-state index in [1.807, 2.05) is 0 Å². The van der Waals surface area contributed by atoms with Gasteiger partial charge in [-0.3, -0.25) is 9.09 Å². The third kappa shape index (κ3) is 5.06. The van der Waals surface area contributed by atoms with E-state index < -0.39 is 44.9 Å². The lowest BCUT2D eigenvalue weighted by Gasteiger charge is -2.19. The normalized spacial score (nSPS) is 22.9. The molecule has 34 heavy (non-hydrogen) atoms. The average molecular weight is 513 g/mol. The van der Waals surface area contributed by atoms with Crippen molar-refractivity contribution in [3.63, 3.8) is 0 Å². The van der Waals surface area contributed by atoms with E-state index in [9.17, 15) is 19.6 Å². The Morgan fingerprint density at radius 2 is 1.91 bits per heavy atom. The monoisotopic (exact) mass is 513 g/mol. The number of phosphoric acid groups is 1. The number of aliphatic hydroxyl groups is 2. The van der Waals surface area contributed by atoms with E-state index in [2.05, 4.69) is 19.5 Å². The number of aromatic carboxylic acids is 1. The molecule has 0 bridgehead atoms. The van der Waals surface area contributed by atoms with Crippen LogP contribution in [0.5, 0.6) is 0 Å². The summed E-state index contributed by atoms with van der Waals surface area (Å²) in [4.78, 5) is 41.4. The molecule has 182 valence electrons. The molecular formula is C18H20N5O9PS. The van der Waals surface area contributed by atoms with E-state index in [0.29, 0.717) is 10.9 Å². The quantitative estimate of drug-likeness (QED) is 0.174. The molecule has 0 aliphatic carbocycles. The molecule has 0 amide bonds. The molecule has 14 nitrogen and oxygen atoms in total. The summed E-state index contributed by atoms with van der Waals surface area (Å²) in [6.45, 7) is -0.666. The number of rotatable bonds is 8. The number of imidazole rings is 1. The first-order chi connectivity index (χ1) is 16.0. The van der Waals surface area contributed by atoms with Gasteiger partial charge < -0.3 is 35.6 Å². The van der Waals surface area contributed by atoms with Crippen LogP contribution in [0.1, 0.15) is 22.1 Å². The Kier molecular flexibility index (Phi) is 6.89. The van der Waals surface area contributed by atoms with Crippen molar-refractivity contribution in [2.75, 3.05) is 12.3 Å². The SMILES string of the molecule is Nc1ncnc2c1nc(SCc1ccc(C(=O)O)cc1)n2C1O[C@H](COP(=O)(O)O)[C@@H](O)[C@H]1O. The summed E-state index contributed by atoms with van der Waals surface area (Å²) >= 11 is 1.21. The topological polar surface area (TPSA) is 223 Å². The minimum absolute atomic E-state index is 0.0748.